The Bertz CT molecular complexity index is 724. The first-order chi connectivity index (χ1) is 10.1. The lowest BCUT2D eigenvalue weighted by atomic mass is 10.1. The van der Waals surface area contributed by atoms with Gasteiger partial charge in [-0.15, -0.1) is 5.10 Å². The number of aryl methyl sites for hydroxylation is 1. The van der Waals surface area contributed by atoms with E-state index in [4.69, 9.17) is 0 Å². The van der Waals surface area contributed by atoms with Gasteiger partial charge in [-0.05, 0) is 31.2 Å². The Hall–Kier alpha value is -2.62. The van der Waals surface area contributed by atoms with Crippen molar-refractivity contribution in [3.05, 3.63) is 60.3 Å². The van der Waals surface area contributed by atoms with E-state index in [9.17, 15) is 0 Å². The first-order valence-electron chi connectivity index (χ1n) is 6.90. The van der Waals surface area contributed by atoms with Crippen LogP contribution in [0.15, 0.2) is 54.7 Å². The Morgan fingerprint density at radius 1 is 0.905 bits per heavy atom. The number of benzene rings is 2. The molecule has 106 valence electrons. The van der Waals surface area contributed by atoms with E-state index in [2.05, 4.69) is 58.5 Å². The fraction of sp³-hybridized carbons (Fsp3) is 0.176. The lowest BCUT2D eigenvalue weighted by Crippen LogP contribution is -2.07. The molecule has 0 aliphatic rings. The molecule has 21 heavy (non-hydrogen) atoms. The van der Waals surface area contributed by atoms with Crippen molar-refractivity contribution in [1.82, 2.24) is 15.0 Å². The van der Waals surface area contributed by atoms with Gasteiger partial charge in [0.15, 0.2) is 0 Å². The third-order valence-corrected chi connectivity index (χ3v) is 3.47. The molecule has 0 fully saturated rings. The van der Waals surface area contributed by atoms with Gasteiger partial charge in [0.05, 0.1) is 11.9 Å². The molecule has 0 radical (unpaired) electrons. The lowest BCUT2D eigenvalue weighted by Gasteiger charge is -2.11. The van der Waals surface area contributed by atoms with Crippen molar-refractivity contribution in [3.8, 4) is 16.9 Å². The van der Waals surface area contributed by atoms with Gasteiger partial charge in [0.2, 0.25) is 0 Å². The molecule has 0 unspecified atom stereocenters. The highest BCUT2D eigenvalue weighted by Crippen LogP contribution is 2.21. The second-order valence-electron chi connectivity index (χ2n) is 5.33. The van der Waals surface area contributed by atoms with E-state index in [1.54, 1.807) is 4.68 Å². The Morgan fingerprint density at radius 3 is 2.19 bits per heavy atom. The molecule has 0 atom stereocenters. The molecule has 0 N–H and O–H groups in total. The molecular formula is C17H18N4. The molecule has 1 heterocycles. The Morgan fingerprint density at radius 2 is 1.57 bits per heavy atom. The maximum atomic E-state index is 4.26. The van der Waals surface area contributed by atoms with Crippen LogP contribution in [0.5, 0.6) is 0 Å². The number of nitrogens with zero attached hydrogens (tertiary/aromatic N) is 4. The highest BCUT2D eigenvalue weighted by molar-refractivity contribution is 5.62. The maximum absolute atomic E-state index is 4.26. The van der Waals surface area contributed by atoms with E-state index in [0.717, 1.165) is 16.9 Å². The summed E-state index contributed by atoms with van der Waals surface area (Å²) in [5.41, 5.74) is 5.37. The van der Waals surface area contributed by atoms with Gasteiger partial charge in [-0.2, -0.15) is 0 Å². The van der Waals surface area contributed by atoms with Crippen molar-refractivity contribution in [2.24, 2.45) is 0 Å². The van der Waals surface area contributed by atoms with Gasteiger partial charge in [0.25, 0.3) is 0 Å². The van der Waals surface area contributed by atoms with Crippen molar-refractivity contribution >= 4 is 5.69 Å². The van der Waals surface area contributed by atoms with Crippen molar-refractivity contribution in [2.75, 3.05) is 19.0 Å². The van der Waals surface area contributed by atoms with Crippen LogP contribution in [0.1, 0.15) is 5.56 Å². The van der Waals surface area contributed by atoms with Gasteiger partial charge in [0, 0.05) is 25.3 Å². The summed E-state index contributed by atoms with van der Waals surface area (Å²) in [4.78, 5) is 2.08. The zero-order valence-electron chi connectivity index (χ0n) is 12.5. The Kier molecular flexibility index (Phi) is 3.44. The predicted molar refractivity (Wildman–Crippen MR) is 85.9 cm³/mol. The summed E-state index contributed by atoms with van der Waals surface area (Å²) < 4.78 is 1.80. The highest BCUT2D eigenvalue weighted by atomic mass is 15.4. The van der Waals surface area contributed by atoms with E-state index in [1.807, 2.05) is 32.4 Å². The van der Waals surface area contributed by atoms with E-state index in [0.29, 0.717) is 0 Å². The van der Waals surface area contributed by atoms with Crippen molar-refractivity contribution < 1.29 is 0 Å². The third-order valence-electron chi connectivity index (χ3n) is 3.47. The summed E-state index contributed by atoms with van der Waals surface area (Å²) in [6.45, 7) is 2.07. The Balaban J connectivity index is 1.89. The molecule has 4 heteroatoms. The minimum atomic E-state index is 0.876. The minimum Gasteiger partial charge on any atom is -0.378 e. The largest absolute Gasteiger partial charge is 0.378 e. The number of rotatable bonds is 3. The van der Waals surface area contributed by atoms with Crippen molar-refractivity contribution in [1.29, 1.82) is 0 Å². The lowest BCUT2D eigenvalue weighted by molar-refractivity contribution is 0.803. The molecule has 0 aliphatic heterocycles. The van der Waals surface area contributed by atoms with Crippen molar-refractivity contribution in [3.63, 3.8) is 0 Å². The van der Waals surface area contributed by atoms with Gasteiger partial charge in [-0.3, -0.25) is 0 Å². The molecule has 0 bridgehead atoms. The number of hydrogen-bond acceptors (Lipinski definition) is 3. The van der Waals surface area contributed by atoms with Crippen LogP contribution < -0.4 is 4.90 Å². The SMILES string of the molecule is Cc1ccc(-n2cc(-c3ccc(N(C)C)cc3)nn2)cc1. The summed E-state index contributed by atoms with van der Waals surface area (Å²) >= 11 is 0. The average molecular weight is 278 g/mol. The highest BCUT2D eigenvalue weighted by Gasteiger charge is 2.05. The zero-order chi connectivity index (χ0) is 14.8. The van der Waals surface area contributed by atoms with Gasteiger partial charge < -0.3 is 4.90 Å². The van der Waals surface area contributed by atoms with Crippen LogP contribution in [0.25, 0.3) is 16.9 Å². The first-order valence-corrected chi connectivity index (χ1v) is 6.90. The van der Waals surface area contributed by atoms with E-state index < -0.39 is 0 Å². The van der Waals surface area contributed by atoms with E-state index in [-0.39, 0.29) is 0 Å². The molecule has 1 aromatic heterocycles. The summed E-state index contributed by atoms with van der Waals surface area (Å²) in [5, 5.41) is 8.47. The van der Waals surface area contributed by atoms with Crippen LogP contribution in [0.4, 0.5) is 5.69 Å². The molecule has 0 amide bonds. The van der Waals surface area contributed by atoms with Crippen LogP contribution in [0.2, 0.25) is 0 Å². The second-order valence-corrected chi connectivity index (χ2v) is 5.33. The van der Waals surface area contributed by atoms with Crippen LogP contribution in [-0.2, 0) is 0 Å². The standard InChI is InChI=1S/C17H18N4/c1-13-4-8-16(9-5-13)21-12-17(18-19-21)14-6-10-15(11-7-14)20(2)3/h4-12H,1-3H3. The number of aromatic nitrogens is 3. The topological polar surface area (TPSA) is 34.0 Å². The molecule has 0 spiro atoms. The molecule has 0 saturated carbocycles. The van der Waals surface area contributed by atoms with Gasteiger partial charge in [-0.25, -0.2) is 4.68 Å². The zero-order valence-corrected chi connectivity index (χ0v) is 12.5. The molecule has 3 rings (SSSR count). The van der Waals surface area contributed by atoms with Crippen LogP contribution in [0, 0.1) is 6.92 Å². The van der Waals surface area contributed by atoms with E-state index >= 15 is 0 Å². The average Bonchev–Trinajstić information content (AvgIpc) is 2.98. The summed E-state index contributed by atoms with van der Waals surface area (Å²) in [7, 11) is 4.06. The summed E-state index contributed by atoms with van der Waals surface area (Å²) in [5.74, 6) is 0. The maximum Gasteiger partial charge on any atom is 0.113 e. The number of hydrogen-bond donors (Lipinski definition) is 0. The van der Waals surface area contributed by atoms with E-state index in [1.165, 1.54) is 11.3 Å². The molecule has 0 saturated heterocycles. The molecule has 3 aromatic rings. The molecule has 2 aromatic carbocycles. The minimum absolute atomic E-state index is 0.876. The molecule has 4 nitrogen and oxygen atoms in total. The fourth-order valence-corrected chi connectivity index (χ4v) is 2.15. The van der Waals surface area contributed by atoms with Gasteiger partial charge >= 0.3 is 0 Å². The quantitative estimate of drug-likeness (QED) is 0.737. The Labute approximate surface area is 124 Å². The van der Waals surface area contributed by atoms with Crippen LogP contribution >= 0.6 is 0 Å². The van der Waals surface area contributed by atoms with Gasteiger partial charge in [0.1, 0.15) is 5.69 Å². The summed E-state index contributed by atoms with van der Waals surface area (Å²) in [6, 6.07) is 16.5. The summed E-state index contributed by atoms with van der Waals surface area (Å²) in [6.07, 6.45) is 1.95. The molecular weight excluding hydrogens is 260 g/mol. The first kappa shape index (κ1) is 13.4. The number of anilines is 1. The fourth-order valence-electron chi connectivity index (χ4n) is 2.15. The van der Waals surface area contributed by atoms with Gasteiger partial charge in [-0.1, -0.05) is 35.0 Å². The van der Waals surface area contributed by atoms with Crippen LogP contribution in [-0.4, -0.2) is 29.1 Å². The van der Waals surface area contributed by atoms with Crippen molar-refractivity contribution in [2.45, 2.75) is 6.92 Å². The van der Waals surface area contributed by atoms with Crippen LogP contribution in [0.3, 0.4) is 0 Å². The predicted octanol–water partition coefficient (Wildman–Crippen LogP) is 3.31. The third kappa shape index (κ3) is 2.79. The molecule has 0 aliphatic carbocycles. The second kappa shape index (κ2) is 5.40. The monoisotopic (exact) mass is 278 g/mol. The normalized spacial score (nSPS) is 10.6. The smallest absolute Gasteiger partial charge is 0.113 e.